The Hall–Kier alpha value is -0.970. The maximum Gasteiger partial charge on any atom is 0.165 e. The Morgan fingerprint density at radius 2 is 2.33 bits per heavy atom. The van der Waals surface area contributed by atoms with Gasteiger partial charge in [-0.15, -0.1) is 5.10 Å². The van der Waals surface area contributed by atoms with Crippen LogP contribution in [-0.2, 0) is 12.1 Å². The van der Waals surface area contributed by atoms with Crippen LogP contribution in [0.5, 0.6) is 0 Å². The van der Waals surface area contributed by atoms with Crippen molar-refractivity contribution in [3.05, 3.63) is 5.82 Å². The molecule has 0 amide bonds. The van der Waals surface area contributed by atoms with Crippen LogP contribution in [0.25, 0.3) is 0 Å². The number of hydrogen-bond donors (Lipinski definition) is 1. The van der Waals surface area contributed by atoms with E-state index in [0.29, 0.717) is 0 Å². The molecule has 0 aliphatic heterocycles. The van der Waals surface area contributed by atoms with E-state index < -0.39 is 0 Å². The summed E-state index contributed by atoms with van der Waals surface area (Å²) in [5.74, 6) is 0.928. The molecule has 2 rings (SSSR count). The van der Waals surface area contributed by atoms with Crippen molar-refractivity contribution in [1.29, 1.82) is 0 Å². The summed E-state index contributed by atoms with van der Waals surface area (Å²) in [6, 6.07) is 0. The van der Waals surface area contributed by atoms with E-state index in [9.17, 15) is 0 Å². The molecular weight excluding hydrogens is 154 g/mol. The van der Waals surface area contributed by atoms with Crippen LogP contribution in [0.1, 0.15) is 25.6 Å². The first kappa shape index (κ1) is 7.67. The molecule has 1 fully saturated rings. The van der Waals surface area contributed by atoms with Gasteiger partial charge in [0.2, 0.25) is 0 Å². The molecule has 0 unspecified atom stereocenters. The highest BCUT2D eigenvalue weighted by atomic mass is 15.6. The first-order chi connectivity index (χ1) is 5.76. The van der Waals surface area contributed by atoms with Gasteiger partial charge in [0.1, 0.15) is 0 Å². The predicted octanol–water partition coefficient (Wildman–Crippen LogP) is -0.0985. The molecule has 1 aromatic rings. The van der Waals surface area contributed by atoms with Crippen LogP contribution in [0.2, 0.25) is 0 Å². The highest BCUT2D eigenvalue weighted by molar-refractivity contribution is 4.99. The van der Waals surface area contributed by atoms with Crippen molar-refractivity contribution < 1.29 is 0 Å². The zero-order valence-electron chi connectivity index (χ0n) is 7.41. The lowest BCUT2D eigenvalue weighted by atomic mass is 10.3. The number of tetrazole rings is 1. The average Bonchev–Trinajstić information content (AvgIpc) is 2.64. The van der Waals surface area contributed by atoms with Gasteiger partial charge in [0.05, 0.1) is 12.1 Å². The maximum absolute atomic E-state index is 3.98. The van der Waals surface area contributed by atoms with Gasteiger partial charge in [0.15, 0.2) is 5.82 Å². The standard InChI is InChI=1S/C7H13N5/c1-7(3-4-7)12-6(5-8-2)9-10-11-12/h8H,3-5H2,1-2H3. The van der Waals surface area contributed by atoms with E-state index in [-0.39, 0.29) is 5.54 Å². The molecule has 5 nitrogen and oxygen atoms in total. The topological polar surface area (TPSA) is 55.6 Å². The van der Waals surface area contributed by atoms with Gasteiger partial charge in [-0.25, -0.2) is 4.68 Å². The van der Waals surface area contributed by atoms with Crippen molar-refractivity contribution in [2.24, 2.45) is 0 Å². The van der Waals surface area contributed by atoms with Gasteiger partial charge in [0, 0.05) is 0 Å². The summed E-state index contributed by atoms with van der Waals surface area (Å²) in [5.41, 5.74) is 0.204. The molecule has 1 aliphatic rings. The normalized spacial score (nSPS) is 19.5. The van der Waals surface area contributed by atoms with Gasteiger partial charge in [-0.05, 0) is 37.2 Å². The molecule has 1 N–H and O–H groups in total. The Balaban J connectivity index is 2.24. The summed E-state index contributed by atoms with van der Waals surface area (Å²) in [4.78, 5) is 0. The summed E-state index contributed by atoms with van der Waals surface area (Å²) in [6.45, 7) is 2.92. The molecule has 1 heterocycles. The monoisotopic (exact) mass is 167 g/mol. The third kappa shape index (κ3) is 1.10. The van der Waals surface area contributed by atoms with E-state index in [0.717, 1.165) is 12.4 Å². The maximum atomic E-state index is 3.98. The third-order valence-electron chi connectivity index (χ3n) is 2.35. The summed E-state index contributed by atoms with van der Waals surface area (Å²) in [7, 11) is 1.90. The zero-order chi connectivity index (χ0) is 8.60. The van der Waals surface area contributed by atoms with Crippen molar-refractivity contribution in [3.63, 3.8) is 0 Å². The van der Waals surface area contributed by atoms with Crippen molar-refractivity contribution >= 4 is 0 Å². The van der Waals surface area contributed by atoms with Crippen molar-refractivity contribution in [2.75, 3.05) is 7.05 Å². The Labute approximate surface area is 71.1 Å². The summed E-state index contributed by atoms with van der Waals surface area (Å²) in [6.07, 6.45) is 2.38. The minimum atomic E-state index is 0.204. The Morgan fingerprint density at radius 3 is 2.92 bits per heavy atom. The lowest BCUT2D eigenvalue weighted by Gasteiger charge is -2.09. The largest absolute Gasteiger partial charge is 0.313 e. The number of nitrogens with one attached hydrogen (secondary N) is 1. The van der Waals surface area contributed by atoms with E-state index in [4.69, 9.17) is 0 Å². The zero-order valence-corrected chi connectivity index (χ0v) is 7.41. The van der Waals surface area contributed by atoms with Gasteiger partial charge in [0.25, 0.3) is 0 Å². The number of aromatic nitrogens is 4. The first-order valence-corrected chi connectivity index (χ1v) is 4.19. The van der Waals surface area contributed by atoms with Crippen molar-refractivity contribution in [2.45, 2.75) is 31.8 Å². The fourth-order valence-corrected chi connectivity index (χ4v) is 1.29. The Bertz CT molecular complexity index is 275. The lowest BCUT2D eigenvalue weighted by molar-refractivity contribution is 0.436. The van der Waals surface area contributed by atoms with Gasteiger partial charge in [-0.1, -0.05) is 0 Å². The molecule has 0 atom stereocenters. The van der Waals surface area contributed by atoms with Crippen LogP contribution in [0.3, 0.4) is 0 Å². The van der Waals surface area contributed by atoms with Crippen LogP contribution in [-0.4, -0.2) is 27.3 Å². The molecule has 5 heteroatoms. The quantitative estimate of drug-likeness (QED) is 0.683. The second-order valence-corrected chi connectivity index (χ2v) is 3.53. The van der Waals surface area contributed by atoms with Crippen LogP contribution < -0.4 is 5.32 Å². The minimum Gasteiger partial charge on any atom is -0.313 e. The summed E-state index contributed by atoms with van der Waals surface area (Å²) < 4.78 is 1.93. The van der Waals surface area contributed by atoms with E-state index in [1.54, 1.807) is 0 Å². The molecule has 0 spiro atoms. The van der Waals surface area contributed by atoms with Gasteiger partial charge < -0.3 is 5.32 Å². The molecule has 0 aromatic carbocycles. The molecule has 1 saturated carbocycles. The molecular formula is C7H13N5. The van der Waals surface area contributed by atoms with Gasteiger partial charge >= 0.3 is 0 Å². The Morgan fingerprint density at radius 1 is 1.58 bits per heavy atom. The van der Waals surface area contributed by atoms with Crippen molar-refractivity contribution in [3.8, 4) is 0 Å². The Kier molecular flexibility index (Phi) is 1.61. The molecule has 0 bridgehead atoms. The second kappa shape index (κ2) is 2.52. The van der Waals surface area contributed by atoms with E-state index >= 15 is 0 Å². The number of hydrogen-bond acceptors (Lipinski definition) is 4. The highest BCUT2D eigenvalue weighted by Gasteiger charge is 2.42. The fraction of sp³-hybridized carbons (Fsp3) is 0.857. The van der Waals surface area contributed by atoms with Crippen LogP contribution in [0.15, 0.2) is 0 Å². The number of nitrogens with zero attached hydrogens (tertiary/aromatic N) is 4. The number of rotatable bonds is 3. The molecule has 66 valence electrons. The summed E-state index contributed by atoms with van der Waals surface area (Å²) in [5, 5.41) is 14.7. The molecule has 12 heavy (non-hydrogen) atoms. The van der Waals surface area contributed by atoms with Crippen LogP contribution in [0.4, 0.5) is 0 Å². The lowest BCUT2D eigenvalue weighted by Crippen LogP contribution is -2.20. The van der Waals surface area contributed by atoms with E-state index in [1.807, 2.05) is 11.7 Å². The minimum absolute atomic E-state index is 0.204. The third-order valence-corrected chi connectivity index (χ3v) is 2.35. The van der Waals surface area contributed by atoms with Gasteiger partial charge in [-0.2, -0.15) is 0 Å². The molecule has 0 saturated heterocycles. The average molecular weight is 167 g/mol. The smallest absolute Gasteiger partial charge is 0.165 e. The van der Waals surface area contributed by atoms with Crippen LogP contribution in [0, 0.1) is 0 Å². The predicted molar refractivity (Wildman–Crippen MR) is 43.5 cm³/mol. The van der Waals surface area contributed by atoms with E-state index in [1.165, 1.54) is 12.8 Å². The van der Waals surface area contributed by atoms with Gasteiger partial charge in [-0.3, -0.25) is 0 Å². The first-order valence-electron chi connectivity index (χ1n) is 4.19. The second-order valence-electron chi connectivity index (χ2n) is 3.53. The SMILES string of the molecule is CNCc1nnnn1C1(C)CC1. The summed E-state index contributed by atoms with van der Waals surface area (Å²) >= 11 is 0. The fourth-order valence-electron chi connectivity index (χ4n) is 1.29. The van der Waals surface area contributed by atoms with Crippen molar-refractivity contribution in [1.82, 2.24) is 25.5 Å². The highest BCUT2D eigenvalue weighted by Crippen LogP contribution is 2.42. The van der Waals surface area contributed by atoms with E-state index in [2.05, 4.69) is 27.8 Å². The van der Waals surface area contributed by atoms with Crippen LogP contribution >= 0.6 is 0 Å². The molecule has 1 aromatic heterocycles. The molecule has 1 aliphatic carbocycles. The molecule has 0 radical (unpaired) electrons.